The number of nitrogens with zero attached hydrogens (tertiary/aromatic N) is 1. The van der Waals surface area contributed by atoms with Crippen LogP contribution < -0.4 is 4.72 Å². The van der Waals surface area contributed by atoms with Crippen LogP contribution in [0.25, 0.3) is 0 Å². The SMILES string of the molecule is O=C(O)c1ccc(F)c(S(=O)(=O)Nc2ccc([N+](=O)[O-])cc2)c1. The molecule has 0 saturated heterocycles. The van der Waals surface area contributed by atoms with Gasteiger partial charge in [0.15, 0.2) is 0 Å². The molecule has 8 nitrogen and oxygen atoms in total. The Morgan fingerprint density at radius 2 is 1.78 bits per heavy atom. The van der Waals surface area contributed by atoms with Gasteiger partial charge in [0.1, 0.15) is 10.7 Å². The lowest BCUT2D eigenvalue weighted by atomic mass is 10.2. The van der Waals surface area contributed by atoms with Crippen molar-refractivity contribution in [3.63, 3.8) is 0 Å². The second kappa shape index (κ2) is 6.01. The number of anilines is 1. The molecular formula is C13H9FN2O6S. The van der Waals surface area contributed by atoms with E-state index in [1.54, 1.807) is 0 Å². The summed E-state index contributed by atoms with van der Waals surface area (Å²) in [5, 5.41) is 19.4. The van der Waals surface area contributed by atoms with E-state index in [2.05, 4.69) is 0 Å². The second-order valence-electron chi connectivity index (χ2n) is 4.36. The van der Waals surface area contributed by atoms with Gasteiger partial charge in [-0.25, -0.2) is 17.6 Å². The molecular weight excluding hydrogens is 331 g/mol. The number of halogens is 1. The number of nitro benzene ring substituents is 1. The van der Waals surface area contributed by atoms with Gasteiger partial charge in [-0.2, -0.15) is 0 Å². The molecule has 0 atom stereocenters. The molecule has 0 unspecified atom stereocenters. The maximum absolute atomic E-state index is 13.7. The molecule has 2 N–H and O–H groups in total. The van der Waals surface area contributed by atoms with Gasteiger partial charge in [-0.3, -0.25) is 14.8 Å². The molecule has 0 aromatic heterocycles. The molecule has 0 fully saturated rings. The summed E-state index contributed by atoms with van der Waals surface area (Å²) in [6.07, 6.45) is 0. The molecule has 2 aromatic rings. The van der Waals surface area contributed by atoms with Crippen LogP contribution in [0.15, 0.2) is 47.4 Å². The van der Waals surface area contributed by atoms with Gasteiger partial charge < -0.3 is 5.11 Å². The van der Waals surface area contributed by atoms with E-state index in [9.17, 15) is 27.7 Å². The van der Waals surface area contributed by atoms with Crippen molar-refractivity contribution in [3.8, 4) is 0 Å². The van der Waals surface area contributed by atoms with Crippen LogP contribution in [0.4, 0.5) is 15.8 Å². The third kappa shape index (κ3) is 3.61. The number of carboxylic acids is 1. The van der Waals surface area contributed by atoms with E-state index < -0.39 is 37.2 Å². The quantitative estimate of drug-likeness (QED) is 0.635. The van der Waals surface area contributed by atoms with E-state index in [-0.39, 0.29) is 11.4 Å². The largest absolute Gasteiger partial charge is 0.478 e. The summed E-state index contributed by atoms with van der Waals surface area (Å²) >= 11 is 0. The molecule has 2 rings (SSSR count). The van der Waals surface area contributed by atoms with E-state index in [1.807, 2.05) is 4.72 Å². The molecule has 120 valence electrons. The van der Waals surface area contributed by atoms with Gasteiger partial charge in [-0.1, -0.05) is 0 Å². The maximum Gasteiger partial charge on any atom is 0.335 e. The van der Waals surface area contributed by atoms with Crippen LogP contribution in [0.3, 0.4) is 0 Å². The summed E-state index contributed by atoms with van der Waals surface area (Å²) in [5.74, 6) is -2.53. The van der Waals surface area contributed by atoms with E-state index in [4.69, 9.17) is 5.11 Å². The van der Waals surface area contributed by atoms with E-state index in [0.29, 0.717) is 6.07 Å². The fourth-order valence-corrected chi connectivity index (χ4v) is 2.87. The van der Waals surface area contributed by atoms with Crippen molar-refractivity contribution in [1.82, 2.24) is 0 Å². The van der Waals surface area contributed by atoms with Gasteiger partial charge in [0.25, 0.3) is 15.7 Å². The van der Waals surface area contributed by atoms with Crippen molar-refractivity contribution >= 4 is 27.4 Å². The van der Waals surface area contributed by atoms with Crippen molar-refractivity contribution in [1.29, 1.82) is 0 Å². The first-order valence-corrected chi connectivity index (χ1v) is 7.49. The Balaban J connectivity index is 2.37. The second-order valence-corrected chi connectivity index (χ2v) is 6.01. The molecule has 10 heteroatoms. The normalized spacial score (nSPS) is 11.0. The number of aromatic carboxylic acids is 1. The van der Waals surface area contributed by atoms with Crippen molar-refractivity contribution in [2.24, 2.45) is 0 Å². The molecule has 0 amide bonds. The highest BCUT2D eigenvalue weighted by molar-refractivity contribution is 7.92. The fourth-order valence-electron chi connectivity index (χ4n) is 1.70. The molecule has 2 aromatic carbocycles. The highest BCUT2D eigenvalue weighted by Gasteiger charge is 2.21. The zero-order valence-corrected chi connectivity index (χ0v) is 12.1. The standard InChI is InChI=1S/C13H9FN2O6S/c14-11-6-1-8(13(17)18)7-12(11)23(21,22)15-9-2-4-10(5-3-9)16(19)20/h1-7,15H,(H,17,18). The van der Waals surface area contributed by atoms with E-state index in [1.165, 1.54) is 0 Å². The maximum atomic E-state index is 13.7. The van der Waals surface area contributed by atoms with Crippen LogP contribution in [-0.4, -0.2) is 24.4 Å². The first-order valence-electron chi connectivity index (χ1n) is 6.01. The molecule has 0 spiro atoms. The number of carboxylic acid groups (broad SMARTS) is 1. The predicted octanol–water partition coefficient (Wildman–Crippen LogP) is 2.23. The Morgan fingerprint density at radius 1 is 1.17 bits per heavy atom. The predicted molar refractivity (Wildman–Crippen MR) is 77.3 cm³/mol. The molecule has 23 heavy (non-hydrogen) atoms. The Kier molecular flexibility index (Phi) is 4.27. The van der Waals surface area contributed by atoms with Gasteiger partial charge in [-0.15, -0.1) is 0 Å². The van der Waals surface area contributed by atoms with Crippen molar-refractivity contribution in [2.45, 2.75) is 4.90 Å². The Bertz CT molecular complexity index is 880. The first-order chi connectivity index (χ1) is 10.7. The Labute approximate surface area is 129 Å². The molecule has 0 aliphatic rings. The number of nitrogens with one attached hydrogen (secondary N) is 1. The topological polar surface area (TPSA) is 127 Å². The summed E-state index contributed by atoms with van der Waals surface area (Å²) in [6.45, 7) is 0. The summed E-state index contributed by atoms with van der Waals surface area (Å²) in [6, 6.07) is 6.76. The summed E-state index contributed by atoms with van der Waals surface area (Å²) in [5.41, 5.74) is -0.668. The molecule has 0 saturated carbocycles. The van der Waals surface area contributed by atoms with Gasteiger partial charge in [-0.05, 0) is 30.3 Å². The average molecular weight is 340 g/mol. The lowest BCUT2D eigenvalue weighted by molar-refractivity contribution is -0.384. The van der Waals surface area contributed by atoms with E-state index in [0.717, 1.165) is 36.4 Å². The van der Waals surface area contributed by atoms with Gasteiger partial charge in [0, 0.05) is 17.8 Å². The zero-order chi connectivity index (χ0) is 17.2. The third-order valence-electron chi connectivity index (χ3n) is 2.80. The summed E-state index contributed by atoms with van der Waals surface area (Å²) in [4.78, 5) is 19.9. The number of non-ortho nitro benzene ring substituents is 1. The van der Waals surface area contributed by atoms with Crippen LogP contribution in [0.5, 0.6) is 0 Å². The summed E-state index contributed by atoms with van der Waals surface area (Å²) < 4.78 is 40.0. The summed E-state index contributed by atoms with van der Waals surface area (Å²) in [7, 11) is -4.39. The van der Waals surface area contributed by atoms with E-state index >= 15 is 0 Å². The van der Waals surface area contributed by atoms with Crippen LogP contribution in [0.1, 0.15) is 10.4 Å². The van der Waals surface area contributed by atoms with Crippen molar-refractivity contribution in [3.05, 3.63) is 64.0 Å². The van der Waals surface area contributed by atoms with Gasteiger partial charge >= 0.3 is 5.97 Å². The monoisotopic (exact) mass is 340 g/mol. The Hall–Kier alpha value is -3.01. The number of hydrogen-bond acceptors (Lipinski definition) is 5. The Morgan fingerprint density at radius 3 is 2.30 bits per heavy atom. The van der Waals surface area contributed by atoms with Crippen LogP contribution >= 0.6 is 0 Å². The lowest BCUT2D eigenvalue weighted by Gasteiger charge is -2.09. The molecule has 0 heterocycles. The zero-order valence-electron chi connectivity index (χ0n) is 11.3. The minimum Gasteiger partial charge on any atom is -0.478 e. The van der Waals surface area contributed by atoms with Gasteiger partial charge in [0.2, 0.25) is 0 Å². The number of rotatable bonds is 5. The highest BCUT2D eigenvalue weighted by Crippen LogP contribution is 2.22. The minimum absolute atomic E-state index is 0.0317. The molecule has 0 radical (unpaired) electrons. The van der Waals surface area contributed by atoms with Crippen molar-refractivity contribution < 1.29 is 27.6 Å². The smallest absolute Gasteiger partial charge is 0.335 e. The fraction of sp³-hybridized carbons (Fsp3) is 0. The third-order valence-corrected chi connectivity index (χ3v) is 4.19. The number of benzene rings is 2. The number of carbonyl (C=O) groups is 1. The first kappa shape index (κ1) is 16.4. The highest BCUT2D eigenvalue weighted by atomic mass is 32.2. The van der Waals surface area contributed by atoms with Gasteiger partial charge in [0.05, 0.1) is 10.5 Å². The van der Waals surface area contributed by atoms with Crippen LogP contribution in [-0.2, 0) is 10.0 Å². The minimum atomic E-state index is -4.39. The number of nitro groups is 1. The molecule has 0 aliphatic heterocycles. The molecule has 0 bridgehead atoms. The van der Waals surface area contributed by atoms with Crippen LogP contribution in [0, 0.1) is 15.9 Å². The molecule has 0 aliphatic carbocycles. The van der Waals surface area contributed by atoms with Crippen LogP contribution in [0.2, 0.25) is 0 Å². The van der Waals surface area contributed by atoms with Crippen molar-refractivity contribution in [2.75, 3.05) is 4.72 Å². The average Bonchev–Trinajstić information content (AvgIpc) is 2.47. The lowest BCUT2D eigenvalue weighted by Crippen LogP contribution is -2.15. The number of sulfonamides is 1. The number of hydrogen-bond donors (Lipinski definition) is 2.